The zero-order valence-electron chi connectivity index (χ0n) is 10.8. The molecule has 0 bridgehead atoms. The average molecular weight is 270 g/mol. The lowest BCUT2D eigenvalue weighted by molar-refractivity contribution is 0.276. The molecular formula is C13H20ClN3O. The van der Waals surface area contributed by atoms with Gasteiger partial charge >= 0.3 is 0 Å². The van der Waals surface area contributed by atoms with Gasteiger partial charge in [-0.15, -0.1) is 0 Å². The normalized spacial score (nSPS) is 19.8. The summed E-state index contributed by atoms with van der Waals surface area (Å²) in [6.45, 7) is 3.73. The van der Waals surface area contributed by atoms with E-state index in [0.29, 0.717) is 18.5 Å². The maximum absolute atomic E-state index is 5.77. The van der Waals surface area contributed by atoms with Crippen molar-refractivity contribution in [1.29, 1.82) is 0 Å². The lowest BCUT2D eigenvalue weighted by Crippen LogP contribution is -2.34. The third kappa shape index (κ3) is 4.42. The van der Waals surface area contributed by atoms with E-state index in [1.807, 2.05) is 13.0 Å². The summed E-state index contributed by atoms with van der Waals surface area (Å²) in [5.74, 6) is 0.573. The van der Waals surface area contributed by atoms with Crippen molar-refractivity contribution < 1.29 is 4.74 Å². The van der Waals surface area contributed by atoms with Crippen LogP contribution in [0.25, 0.3) is 0 Å². The van der Waals surface area contributed by atoms with E-state index in [-0.39, 0.29) is 5.28 Å². The SMILES string of the molecule is Cc1cc(OCCCC2CCCCN2)nc(Cl)n1. The molecule has 1 atom stereocenters. The van der Waals surface area contributed by atoms with Crippen molar-refractivity contribution in [2.24, 2.45) is 0 Å². The minimum absolute atomic E-state index is 0.249. The van der Waals surface area contributed by atoms with Gasteiger partial charge in [0.15, 0.2) is 0 Å². The summed E-state index contributed by atoms with van der Waals surface area (Å²) in [7, 11) is 0. The number of nitrogens with one attached hydrogen (secondary N) is 1. The molecule has 1 unspecified atom stereocenters. The number of ether oxygens (including phenoxy) is 1. The Morgan fingerprint density at radius 3 is 3.06 bits per heavy atom. The Hall–Kier alpha value is -0.870. The van der Waals surface area contributed by atoms with Crippen molar-refractivity contribution in [1.82, 2.24) is 15.3 Å². The van der Waals surface area contributed by atoms with Crippen molar-refractivity contribution in [3.63, 3.8) is 0 Å². The first-order valence-electron chi connectivity index (χ1n) is 6.61. The predicted octanol–water partition coefficient (Wildman–Crippen LogP) is 2.74. The Kier molecular flexibility index (Phi) is 5.20. The molecule has 2 heterocycles. The van der Waals surface area contributed by atoms with Crippen LogP contribution in [0.2, 0.25) is 5.28 Å². The van der Waals surface area contributed by atoms with Gasteiger partial charge in [-0.25, -0.2) is 4.98 Å². The summed E-state index contributed by atoms with van der Waals surface area (Å²) < 4.78 is 5.60. The van der Waals surface area contributed by atoms with E-state index in [2.05, 4.69) is 15.3 Å². The van der Waals surface area contributed by atoms with Gasteiger partial charge in [0.2, 0.25) is 11.2 Å². The largest absolute Gasteiger partial charge is 0.478 e. The minimum atomic E-state index is 0.249. The van der Waals surface area contributed by atoms with Crippen LogP contribution in [0.5, 0.6) is 5.88 Å². The zero-order chi connectivity index (χ0) is 12.8. The second kappa shape index (κ2) is 6.90. The molecule has 2 rings (SSSR count). The van der Waals surface area contributed by atoms with Crippen LogP contribution in [0.4, 0.5) is 0 Å². The molecule has 0 spiro atoms. The van der Waals surface area contributed by atoms with Crippen LogP contribution in [0.1, 0.15) is 37.8 Å². The van der Waals surface area contributed by atoms with Crippen LogP contribution in [0, 0.1) is 6.92 Å². The number of aromatic nitrogens is 2. The lowest BCUT2D eigenvalue weighted by atomic mass is 10.0. The molecule has 1 aromatic heterocycles. The van der Waals surface area contributed by atoms with Gasteiger partial charge in [0, 0.05) is 17.8 Å². The standard InChI is InChI=1S/C13H20ClN3O/c1-10-9-12(17-13(14)16-10)18-8-4-6-11-5-2-3-7-15-11/h9,11,15H,2-8H2,1H3. The third-order valence-electron chi connectivity index (χ3n) is 3.16. The second-order valence-corrected chi connectivity index (χ2v) is 5.09. The van der Waals surface area contributed by atoms with Crippen molar-refractivity contribution in [3.05, 3.63) is 17.0 Å². The Morgan fingerprint density at radius 1 is 1.44 bits per heavy atom. The van der Waals surface area contributed by atoms with Gasteiger partial charge in [-0.05, 0) is 50.8 Å². The molecule has 18 heavy (non-hydrogen) atoms. The van der Waals surface area contributed by atoms with E-state index in [4.69, 9.17) is 16.3 Å². The second-order valence-electron chi connectivity index (χ2n) is 4.75. The summed E-state index contributed by atoms with van der Waals surface area (Å²) in [4.78, 5) is 8.04. The van der Waals surface area contributed by atoms with Crippen LogP contribution < -0.4 is 10.1 Å². The molecule has 1 aliphatic rings. The molecular weight excluding hydrogens is 250 g/mol. The summed E-state index contributed by atoms with van der Waals surface area (Å²) in [6.07, 6.45) is 6.15. The molecule has 1 saturated heterocycles. The topological polar surface area (TPSA) is 47.0 Å². The zero-order valence-corrected chi connectivity index (χ0v) is 11.5. The predicted molar refractivity (Wildman–Crippen MR) is 72.1 cm³/mol. The molecule has 0 saturated carbocycles. The highest BCUT2D eigenvalue weighted by atomic mass is 35.5. The summed E-state index contributed by atoms with van der Waals surface area (Å²) in [5.41, 5.74) is 0.832. The van der Waals surface area contributed by atoms with Crippen molar-refractivity contribution in [2.75, 3.05) is 13.2 Å². The van der Waals surface area contributed by atoms with E-state index in [0.717, 1.165) is 25.1 Å². The number of hydrogen-bond donors (Lipinski definition) is 1. The fraction of sp³-hybridized carbons (Fsp3) is 0.692. The summed E-state index contributed by atoms with van der Waals surface area (Å²) in [5, 5.41) is 3.78. The van der Waals surface area contributed by atoms with Gasteiger partial charge in [-0.1, -0.05) is 6.42 Å². The molecule has 0 amide bonds. The maximum atomic E-state index is 5.77. The van der Waals surface area contributed by atoms with Gasteiger partial charge in [0.25, 0.3) is 0 Å². The van der Waals surface area contributed by atoms with E-state index < -0.39 is 0 Å². The fourth-order valence-corrected chi connectivity index (χ4v) is 2.47. The molecule has 0 aliphatic carbocycles. The maximum Gasteiger partial charge on any atom is 0.225 e. The monoisotopic (exact) mass is 269 g/mol. The van der Waals surface area contributed by atoms with Gasteiger partial charge < -0.3 is 10.1 Å². The molecule has 5 heteroatoms. The quantitative estimate of drug-likeness (QED) is 0.660. The van der Waals surface area contributed by atoms with Crippen LogP contribution in [0.3, 0.4) is 0 Å². The lowest BCUT2D eigenvalue weighted by Gasteiger charge is -2.23. The highest BCUT2D eigenvalue weighted by molar-refractivity contribution is 6.28. The number of halogens is 1. The van der Waals surface area contributed by atoms with Crippen molar-refractivity contribution in [2.45, 2.75) is 45.1 Å². The minimum Gasteiger partial charge on any atom is -0.478 e. The molecule has 1 aliphatic heterocycles. The van der Waals surface area contributed by atoms with Crippen LogP contribution in [0.15, 0.2) is 6.07 Å². The molecule has 4 nitrogen and oxygen atoms in total. The van der Waals surface area contributed by atoms with E-state index in [1.54, 1.807) is 0 Å². The first-order valence-corrected chi connectivity index (χ1v) is 6.99. The number of piperidine rings is 1. The number of rotatable bonds is 5. The molecule has 0 aromatic carbocycles. The van der Waals surface area contributed by atoms with Gasteiger partial charge in [-0.3, -0.25) is 0 Å². The number of nitrogens with zero attached hydrogens (tertiary/aromatic N) is 2. The Morgan fingerprint density at radius 2 is 2.33 bits per heavy atom. The van der Waals surface area contributed by atoms with Gasteiger partial charge in [-0.2, -0.15) is 4.98 Å². The summed E-state index contributed by atoms with van der Waals surface area (Å²) in [6, 6.07) is 2.48. The molecule has 0 radical (unpaired) electrons. The van der Waals surface area contributed by atoms with E-state index >= 15 is 0 Å². The Bertz CT molecular complexity index is 360. The van der Waals surface area contributed by atoms with Crippen molar-refractivity contribution in [3.8, 4) is 5.88 Å². The highest BCUT2D eigenvalue weighted by Gasteiger charge is 2.11. The molecule has 1 aromatic rings. The first kappa shape index (κ1) is 13.6. The van der Waals surface area contributed by atoms with Crippen molar-refractivity contribution >= 4 is 11.6 Å². The Balaban J connectivity index is 1.68. The molecule has 1 N–H and O–H groups in total. The van der Waals surface area contributed by atoms with Gasteiger partial charge in [0.05, 0.1) is 6.61 Å². The number of hydrogen-bond acceptors (Lipinski definition) is 4. The Labute approximate surface area is 113 Å². The van der Waals surface area contributed by atoms with E-state index in [9.17, 15) is 0 Å². The van der Waals surface area contributed by atoms with Crippen LogP contribution in [-0.4, -0.2) is 29.2 Å². The highest BCUT2D eigenvalue weighted by Crippen LogP contribution is 2.14. The van der Waals surface area contributed by atoms with E-state index in [1.165, 1.54) is 19.3 Å². The van der Waals surface area contributed by atoms with Crippen LogP contribution in [-0.2, 0) is 0 Å². The third-order valence-corrected chi connectivity index (χ3v) is 3.33. The first-order chi connectivity index (χ1) is 8.74. The van der Waals surface area contributed by atoms with Crippen LogP contribution >= 0.6 is 11.6 Å². The summed E-state index contributed by atoms with van der Waals surface area (Å²) >= 11 is 5.77. The molecule has 1 fully saturated rings. The average Bonchev–Trinajstić information content (AvgIpc) is 2.35. The fourth-order valence-electron chi connectivity index (χ4n) is 2.26. The smallest absolute Gasteiger partial charge is 0.225 e. The number of aryl methyl sites for hydroxylation is 1. The molecule has 100 valence electrons. The van der Waals surface area contributed by atoms with Gasteiger partial charge in [0.1, 0.15) is 0 Å².